The minimum absolute atomic E-state index is 0.441. The second-order valence-electron chi connectivity index (χ2n) is 5.55. The molecule has 0 aliphatic rings. The highest BCUT2D eigenvalue weighted by Crippen LogP contribution is 2.28. The Balaban J connectivity index is 1.81. The number of nitrogens with one attached hydrogen (secondary N) is 3. The number of thioether (sulfide) groups is 1. The Hall–Kier alpha value is -2.34. The first-order valence-electron chi connectivity index (χ1n) is 8.26. The summed E-state index contributed by atoms with van der Waals surface area (Å²) in [7, 11) is 0. The SMILES string of the molecule is CCCNc1nnc(SC(C)C(=O)NCC(=O)Nc2ccc(F)c(F)c2F)s1. The van der Waals surface area contributed by atoms with Crippen molar-refractivity contribution in [2.75, 3.05) is 23.7 Å². The van der Waals surface area contributed by atoms with E-state index in [-0.39, 0.29) is 0 Å². The largest absolute Gasteiger partial charge is 0.360 e. The molecule has 7 nitrogen and oxygen atoms in total. The molecule has 0 spiro atoms. The van der Waals surface area contributed by atoms with Gasteiger partial charge in [-0.05, 0) is 25.5 Å². The molecule has 0 radical (unpaired) electrons. The maximum Gasteiger partial charge on any atom is 0.243 e. The van der Waals surface area contributed by atoms with Gasteiger partial charge in [0.05, 0.1) is 17.5 Å². The molecule has 1 atom stereocenters. The van der Waals surface area contributed by atoms with E-state index in [2.05, 4.69) is 26.1 Å². The lowest BCUT2D eigenvalue weighted by molar-refractivity contribution is -0.123. The Morgan fingerprint density at radius 1 is 1.21 bits per heavy atom. The summed E-state index contributed by atoms with van der Waals surface area (Å²) >= 11 is 2.49. The Labute approximate surface area is 167 Å². The molecule has 152 valence electrons. The molecular formula is C16H18F3N5O2S2. The Morgan fingerprint density at radius 2 is 1.96 bits per heavy atom. The average molecular weight is 433 g/mol. The molecule has 0 aliphatic heterocycles. The standard InChI is InChI=1S/C16H18F3N5O2S2/c1-3-6-20-15-23-24-16(28-15)27-8(2)14(26)21-7-11(25)22-10-5-4-9(17)12(18)13(10)19/h4-5,8H,3,6-7H2,1-2H3,(H,20,23)(H,21,26)(H,22,25). The number of halogens is 3. The lowest BCUT2D eigenvalue weighted by Crippen LogP contribution is -2.37. The zero-order valence-electron chi connectivity index (χ0n) is 15.0. The van der Waals surface area contributed by atoms with Gasteiger partial charge in [-0.3, -0.25) is 9.59 Å². The van der Waals surface area contributed by atoms with Crippen LogP contribution >= 0.6 is 23.1 Å². The third-order valence-corrected chi connectivity index (χ3v) is 5.38. The number of aromatic nitrogens is 2. The third kappa shape index (κ3) is 6.09. The minimum atomic E-state index is -1.68. The second-order valence-corrected chi connectivity index (χ2v) is 8.11. The van der Waals surface area contributed by atoms with Gasteiger partial charge in [0.2, 0.25) is 16.9 Å². The van der Waals surface area contributed by atoms with Gasteiger partial charge in [0.1, 0.15) is 0 Å². The van der Waals surface area contributed by atoms with Crippen molar-refractivity contribution in [1.29, 1.82) is 0 Å². The molecule has 12 heteroatoms. The number of rotatable bonds is 9. The van der Waals surface area contributed by atoms with Gasteiger partial charge in [0, 0.05) is 6.54 Å². The van der Waals surface area contributed by atoms with Gasteiger partial charge in [-0.2, -0.15) is 0 Å². The van der Waals surface area contributed by atoms with E-state index in [1.54, 1.807) is 6.92 Å². The molecule has 2 aromatic rings. The number of amides is 2. The van der Waals surface area contributed by atoms with E-state index in [0.29, 0.717) is 15.5 Å². The second kappa shape index (κ2) is 10.3. The number of carbonyl (C=O) groups is 2. The maximum absolute atomic E-state index is 13.5. The minimum Gasteiger partial charge on any atom is -0.360 e. The van der Waals surface area contributed by atoms with Gasteiger partial charge in [-0.25, -0.2) is 13.2 Å². The van der Waals surface area contributed by atoms with Crippen LogP contribution in [-0.4, -0.2) is 40.4 Å². The van der Waals surface area contributed by atoms with Gasteiger partial charge >= 0.3 is 0 Å². The fraction of sp³-hybridized carbons (Fsp3) is 0.375. The van der Waals surface area contributed by atoms with Crippen LogP contribution in [-0.2, 0) is 9.59 Å². The van der Waals surface area contributed by atoms with Gasteiger partial charge in [0.25, 0.3) is 0 Å². The van der Waals surface area contributed by atoms with Crippen molar-refractivity contribution in [3.63, 3.8) is 0 Å². The third-order valence-electron chi connectivity index (χ3n) is 3.31. The van der Waals surface area contributed by atoms with E-state index in [1.807, 2.05) is 6.92 Å². The van der Waals surface area contributed by atoms with Crippen LogP contribution in [0.3, 0.4) is 0 Å². The zero-order valence-corrected chi connectivity index (χ0v) is 16.6. The van der Waals surface area contributed by atoms with Crippen LogP contribution in [0.5, 0.6) is 0 Å². The summed E-state index contributed by atoms with van der Waals surface area (Å²) in [6.45, 7) is 3.96. The van der Waals surface area contributed by atoms with E-state index < -0.39 is 46.7 Å². The Kier molecular flexibility index (Phi) is 8.05. The summed E-state index contributed by atoms with van der Waals surface area (Å²) in [4.78, 5) is 23.9. The van der Waals surface area contributed by atoms with Gasteiger partial charge in [-0.15, -0.1) is 10.2 Å². The van der Waals surface area contributed by atoms with Crippen LogP contribution in [0.2, 0.25) is 0 Å². The van der Waals surface area contributed by atoms with Crippen LogP contribution in [0, 0.1) is 17.5 Å². The molecule has 1 aromatic heterocycles. The van der Waals surface area contributed by atoms with Crippen molar-refractivity contribution >= 4 is 45.7 Å². The van der Waals surface area contributed by atoms with E-state index >= 15 is 0 Å². The molecule has 0 aliphatic carbocycles. The normalized spacial score (nSPS) is 11.8. The van der Waals surface area contributed by atoms with E-state index in [0.717, 1.165) is 19.0 Å². The maximum atomic E-state index is 13.5. The molecule has 2 rings (SSSR count). The molecule has 1 aromatic carbocycles. The van der Waals surface area contributed by atoms with Crippen molar-refractivity contribution in [2.45, 2.75) is 29.9 Å². The van der Waals surface area contributed by atoms with Crippen LogP contribution < -0.4 is 16.0 Å². The fourth-order valence-corrected chi connectivity index (χ4v) is 3.84. The quantitative estimate of drug-likeness (QED) is 0.416. The number of nitrogens with zero attached hydrogens (tertiary/aromatic N) is 2. The summed E-state index contributed by atoms with van der Waals surface area (Å²) in [6, 6.07) is 1.59. The lowest BCUT2D eigenvalue weighted by atomic mass is 10.2. The molecular weight excluding hydrogens is 415 g/mol. The molecule has 0 saturated heterocycles. The molecule has 1 heterocycles. The van der Waals surface area contributed by atoms with Crippen LogP contribution in [0.1, 0.15) is 20.3 Å². The summed E-state index contributed by atoms with van der Waals surface area (Å²) in [6.07, 6.45) is 0.942. The number of carbonyl (C=O) groups excluding carboxylic acids is 2. The Bertz CT molecular complexity index is 850. The van der Waals surface area contributed by atoms with Crippen molar-refractivity contribution < 1.29 is 22.8 Å². The van der Waals surface area contributed by atoms with Gasteiger partial charge in [0.15, 0.2) is 21.8 Å². The van der Waals surface area contributed by atoms with Crippen molar-refractivity contribution in [1.82, 2.24) is 15.5 Å². The van der Waals surface area contributed by atoms with Gasteiger partial charge in [-0.1, -0.05) is 30.0 Å². The fourth-order valence-electron chi connectivity index (χ4n) is 1.89. The smallest absolute Gasteiger partial charge is 0.243 e. The van der Waals surface area contributed by atoms with Crippen molar-refractivity contribution in [3.8, 4) is 0 Å². The molecule has 0 saturated carbocycles. The molecule has 3 N–H and O–H groups in total. The Morgan fingerprint density at radius 3 is 2.68 bits per heavy atom. The predicted molar refractivity (Wildman–Crippen MR) is 102 cm³/mol. The highest BCUT2D eigenvalue weighted by atomic mass is 32.2. The molecule has 0 fully saturated rings. The zero-order chi connectivity index (χ0) is 20.7. The molecule has 0 bridgehead atoms. The topological polar surface area (TPSA) is 96.0 Å². The number of hydrogen-bond acceptors (Lipinski definition) is 7. The lowest BCUT2D eigenvalue weighted by Gasteiger charge is -2.11. The molecule has 1 unspecified atom stereocenters. The van der Waals surface area contributed by atoms with Crippen LogP contribution in [0.15, 0.2) is 16.5 Å². The first-order valence-corrected chi connectivity index (χ1v) is 9.96. The van der Waals surface area contributed by atoms with Gasteiger partial charge < -0.3 is 16.0 Å². The molecule has 28 heavy (non-hydrogen) atoms. The van der Waals surface area contributed by atoms with Crippen molar-refractivity contribution in [2.24, 2.45) is 0 Å². The van der Waals surface area contributed by atoms with E-state index in [1.165, 1.54) is 23.1 Å². The predicted octanol–water partition coefficient (Wildman–Crippen LogP) is 3.01. The average Bonchev–Trinajstić information content (AvgIpc) is 3.12. The summed E-state index contributed by atoms with van der Waals surface area (Å²) in [5.41, 5.74) is -0.512. The van der Waals surface area contributed by atoms with Crippen LogP contribution in [0.25, 0.3) is 0 Å². The highest BCUT2D eigenvalue weighted by molar-refractivity contribution is 8.02. The summed E-state index contributed by atoms with van der Waals surface area (Å²) < 4.78 is 40.2. The monoisotopic (exact) mass is 433 g/mol. The van der Waals surface area contributed by atoms with Crippen LogP contribution in [0.4, 0.5) is 24.0 Å². The first-order chi connectivity index (χ1) is 13.3. The number of anilines is 2. The number of hydrogen-bond donors (Lipinski definition) is 3. The van der Waals surface area contributed by atoms with E-state index in [9.17, 15) is 22.8 Å². The molecule has 2 amide bonds. The summed E-state index contributed by atoms with van der Waals surface area (Å²) in [5.74, 6) is -5.77. The summed E-state index contributed by atoms with van der Waals surface area (Å²) in [5, 5.41) is 15.6. The highest BCUT2D eigenvalue weighted by Gasteiger charge is 2.19. The van der Waals surface area contributed by atoms with E-state index in [4.69, 9.17) is 0 Å². The van der Waals surface area contributed by atoms with Crippen molar-refractivity contribution in [3.05, 3.63) is 29.6 Å². The first kappa shape index (κ1) is 22.0. The number of benzene rings is 1.